The number of rotatable bonds is 5. The van der Waals surface area contributed by atoms with Gasteiger partial charge in [0.15, 0.2) is 5.69 Å². The number of nitrogens with zero attached hydrogens (tertiary/aromatic N) is 3. The number of nitrogens with one attached hydrogen (secondary N) is 1. The Kier molecular flexibility index (Phi) is 6.36. The van der Waals surface area contributed by atoms with E-state index in [9.17, 15) is 21.6 Å². The summed E-state index contributed by atoms with van der Waals surface area (Å²) in [5.41, 5.74) is 0.449. The van der Waals surface area contributed by atoms with Crippen LogP contribution in [-0.4, -0.2) is 26.6 Å². The van der Waals surface area contributed by atoms with Crippen LogP contribution >= 0.6 is 33.0 Å². The lowest BCUT2D eigenvalue weighted by Crippen LogP contribution is -2.16. The normalized spacial score (nSPS) is 12.5. The predicted octanol–water partition coefficient (Wildman–Crippen LogP) is 4.71. The van der Waals surface area contributed by atoms with E-state index >= 15 is 0 Å². The van der Waals surface area contributed by atoms with Crippen molar-refractivity contribution in [3.05, 3.63) is 63.0 Å². The summed E-state index contributed by atoms with van der Waals surface area (Å²) in [6.07, 6.45) is 0. The molecule has 9 nitrogen and oxygen atoms in total. The average molecular weight is 524 g/mol. The van der Waals surface area contributed by atoms with Gasteiger partial charge in [-0.05, 0) is 49.7 Å². The molecule has 0 radical (unpaired) electrons. The van der Waals surface area contributed by atoms with E-state index in [4.69, 9.17) is 33.0 Å². The van der Waals surface area contributed by atoms with Crippen molar-refractivity contribution in [3.8, 4) is 5.69 Å². The van der Waals surface area contributed by atoms with Crippen molar-refractivity contribution in [1.29, 1.82) is 0 Å². The van der Waals surface area contributed by atoms with Crippen LogP contribution < -0.4 is 5.56 Å². The summed E-state index contributed by atoms with van der Waals surface area (Å²) in [7, 11) is 2.73. The zero-order chi connectivity index (χ0) is 23.1. The molecule has 0 bridgehead atoms. The van der Waals surface area contributed by atoms with Crippen molar-refractivity contribution in [3.63, 3.8) is 0 Å². The van der Waals surface area contributed by atoms with Crippen molar-refractivity contribution in [1.82, 2.24) is 9.78 Å². The van der Waals surface area contributed by atoms with Gasteiger partial charge in [0.25, 0.3) is 23.7 Å². The first-order valence-corrected chi connectivity index (χ1v) is 13.3. The van der Waals surface area contributed by atoms with Gasteiger partial charge in [0.1, 0.15) is 0 Å². The molecule has 0 amide bonds. The van der Waals surface area contributed by atoms with Crippen LogP contribution in [0.25, 0.3) is 5.69 Å². The molecule has 3 rings (SSSR count). The summed E-state index contributed by atoms with van der Waals surface area (Å²) in [5.74, 6) is 0. The molecule has 0 unspecified atom stereocenters. The molecule has 0 fully saturated rings. The number of aromatic amines is 1. The Bertz CT molecular complexity index is 1470. The first-order valence-electron chi connectivity index (χ1n) is 8.32. The Morgan fingerprint density at radius 1 is 0.935 bits per heavy atom. The van der Waals surface area contributed by atoms with Gasteiger partial charge in [-0.25, -0.2) is 21.5 Å². The smallest absolute Gasteiger partial charge is 0.293 e. The van der Waals surface area contributed by atoms with E-state index in [0.717, 1.165) is 10.7 Å². The maximum atomic E-state index is 12.9. The second-order valence-corrected chi connectivity index (χ2v) is 11.9. The van der Waals surface area contributed by atoms with Gasteiger partial charge >= 0.3 is 0 Å². The van der Waals surface area contributed by atoms with Crippen LogP contribution in [-0.2, 0) is 18.1 Å². The summed E-state index contributed by atoms with van der Waals surface area (Å²) >= 11 is 6.22. The maximum absolute atomic E-state index is 12.9. The minimum Gasteiger partial charge on any atom is -0.293 e. The van der Waals surface area contributed by atoms with Crippen LogP contribution in [0, 0.1) is 13.8 Å². The quantitative estimate of drug-likeness (QED) is 0.382. The van der Waals surface area contributed by atoms with E-state index in [2.05, 4.69) is 15.3 Å². The third-order valence-electron chi connectivity index (χ3n) is 4.14. The lowest BCUT2D eigenvalue weighted by Gasteiger charge is -2.10. The van der Waals surface area contributed by atoms with Gasteiger partial charge in [0.2, 0.25) is 0 Å². The number of azo groups is 1. The van der Waals surface area contributed by atoms with Gasteiger partial charge in [-0.1, -0.05) is 17.7 Å². The molecule has 1 heterocycles. The van der Waals surface area contributed by atoms with Crippen molar-refractivity contribution in [2.75, 3.05) is 0 Å². The zero-order valence-electron chi connectivity index (χ0n) is 15.8. The molecule has 0 aliphatic heterocycles. The summed E-state index contributed by atoms with van der Waals surface area (Å²) in [6.45, 7) is 3.14. The van der Waals surface area contributed by atoms with E-state index in [1.165, 1.54) is 30.3 Å². The molecule has 0 aliphatic rings. The standard InChI is InChI=1S/C17H13Cl3N4O5S2/c1-9-6-13(31(20,28)29)8-14(18)16(9)24-17(25)15(10(2)23-24)22-21-11-4-3-5-12(7-11)30(19,26)27/h3-8,23H,1-2H3. The van der Waals surface area contributed by atoms with Gasteiger partial charge < -0.3 is 0 Å². The topological polar surface area (TPSA) is 131 Å². The number of hydrogen-bond acceptors (Lipinski definition) is 7. The molecule has 1 aromatic heterocycles. The molecule has 0 spiro atoms. The summed E-state index contributed by atoms with van der Waals surface area (Å²) in [5, 5.41) is 10.6. The minimum absolute atomic E-state index is 0.0221. The zero-order valence-corrected chi connectivity index (χ0v) is 19.7. The highest BCUT2D eigenvalue weighted by atomic mass is 35.7. The number of aryl methyl sites for hydroxylation is 2. The Morgan fingerprint density at radius 2 is 1.58 bits per heavy atom. The van der Waals surface area contributed by atoms with E-state index in [1.54, 1.807) is 13.8 Å². The van der Waals surface area contributed by atoms with E-state index in [-0.39, 0.29) is 31.9 Å². The molecule has 0 saturated carbocycles. The number of halogens is 3. The average Bonchev–Trinajstić information content (AvgIpc) is 2.92. The lowest BCUT2D eigenvalue weighted by molar-refractivity contribution is 0.608. The number of aromatic nitrogens is 2. The summed E-state index contributed by atoms with van der Waals surface area (Å²) in [6, 6.07) is 7.84. The lowest BCUT2D eigenvalue weighted by atomic mass is 10.2. The minimum atomic E-state index is -4.01. The molecule has 164 valence electrons. The van der Waals surface area contributed by atoms with Gasteiger partial charge in [0, 0.05) is 21.4 Å². The van der Waals surface area contributed by atoms with Crippen molar-refractivity contribution >= 4 is 62.4 Å². The Morgan fingerprint density at radius 3 is 2.16 bits per heavy atom. The molecule has 0 saturated heterocycles. The highest BCUT2D eigenvalue weighted by Gasteiger charge is 2.20. The maximum Gasteiger partial charge on any atom is 0.299 e. The number of benzene rings is 2. The van der Waals surface area contributed by atoms with Crippen LogP contribution in [0.1, 0.15) is 11.3 Å². The Labute approximate surface area is 191 Å². The van der Waals surface area contributed by atoms with Gasteiger partial charge in [-0.2, -0.15) is 5.11 Å². The number of H-pyrrole nitrogens is 1. The fourth-order valence-electron chi connectivity index (χ4n) is 2.75. The van der Waals surface area contributed by atoms with Crippen LogP contribution in [0.4, 0.5) is 11.4 Å². The van der Waals surface area contributed by atoms with E-state index in [1.807, 2.05) is 0 Å². The largest absolute Gasteiger partial charge is 0.299 e. The number of hydrogen-bond donors (Lipinski definition) is 1. The van der Waals surface area contributed by atoms with Crippen LogP contribution in [0.15, 0.2) is 61.2 Å². The molecular formula is C17H13Cl3N4O5S2. The first-order chi connectivity index (χ1) is 14.3. The molecule has 14 heteroatoms. The molecule has 3 aromatic rings. The summed E-state index contributed by atoms with van der Waals surface area (Å²) in [4.78, 5) is 12.5. The predicted molar refractivity (Wildman–Crippen MR) is 118 cm³/mol. The monoisotopic (exact) mass is 522 g/mol. The van der Waals surface area contributed by atoms with Crippen LogP contribution in [0.3, 0.4) is 0 Å². The van der Waals surface area contributed by atoms with Gasteiger partial charge in [-0.15, -0.1) is 5.11 Å². The fraction of sp³-hybridized carbons (Fsp3) is 0.118. The van der Waals surface area contributed by atoms with Crippen molar-refractivity contribution in [2.24, 2.45) is 10.2 Å². The second kappa shape index (κ2) is 8.40. The second-order valence-electron chi connectivity index (χ2n) is 6.37. The molecule has 2 aromatic carbocycles. The SMILES string of the molecule is Cc1cc(S(=O)(=O)Cl)cc(Cl)c1-n1[nH]c(C)c(N=Nc2cccc(S(=O)(=O)Cl)c2)c1=O. The van der Waals surface area contributed by atoms with Gasteiger partial charge in [0.05, 0.1) is 31.9 Å². The molecule has 0 atom stereocenters. The molecule has 1 N–H and O–H groups in total. The molecular weight excluding hydrogens is 511 g/mol. The molecule has 31 heavy (non-hydrogen) atoms. The third kappa shape index (κ3) is 5.01. The van der Waals surface area contributed by atoms with E-state index < -0.39 is 23.7 Å². The van der Waals surface area contributed by atoms with Crippen molar-refractivity contribution in [2.45, 2.75) is 23.6 Å². The Hall–Kier alpha value is -2.18. The van der Waals surface area contributed by atoms with E-state index in [0.29, 0.717) is 11.3 Å². The third-order valence-corrected chi connectivity index (χ3v) is 7.11. The molecule has 0 aliphatic carbocycles. The highest BCUT2D eigenvalue weighted by Crippen LogP contribution is 2.30. The Balaban J connectivity index is 2.07. The van der Waals surface area contributed by atoms with Crippen LogP contribution in [0.2, 0.25) is 5.02 Å². The van der Waals surface area contributed by atoms with Gasteiger partial charge in [-0.3, -0.25) is 9.89 Å². The first kappa shape index (κ1) is 23.5. The van der Waals surface area contributed by atoms with Crippen LogP contribution in [0.5, 0.6) is 0 Å². The fourth-order valence-corrected chi connectivity index (χ4v) is 4.80. The summed E-state index contributed by atoms with van der Waals surface area (Å²) < 4.78 is 47.2. The van der Waals surface area contributed by atoms with Crippen molar-refractivity contribution < 1.29 is 16.8 Å². The highest BCUT2D eigenvalue weighted by molar-refractivity contribution is 8.14.